The summed E-state index contributed by atoms with van der Waals surface area (Å²) in [5, 5.41) is 0.825. The van der Waals surface area contributed by atoms with Gasteiger partial charge in [0.1, 0.15) is 0 Å². The Balaban J connectivity index is 2.60. The fourth-order valence-electron chi connectivity index (χ4n) is 1.19. The predicted octanol–water partition coefficient (Wildman–Crippen LogP) is 2.19. The molecule has 1 atom stereocenters. The summed E-state index contributed by atoms with van der Waals surface area (Å²) in [6, 6.07) is 6.25. The number of hydrogen-bond acceptors (Lipinski definition) is 4. The first-order chi connectivity index (χ1) is 7.95. The van der Waals surface area contributed by atoms with Gasteiger partial charge < -0.3 is 5.73 Å². The van der Waals surface area contributed by atoms with Crippen molar-refractivity contribution in [3.8, 4) is 0 Å². The second-order valence-electron chi connectivity index (χ2n) is 3.69. The Kier molecular flexibility index (Phi) is 5.79. The minimum atomic E-state index is -3.20. The molecule has 1 unspecified atom stereocenters. The number of rotatable bonds is 6. The van der Waals surface area contributed by atoms with Crippen molar-refractivity contribution in [1.29, 1.82) is 0 Å². The highest BCUT2D eigenvalue weighted by Gasteiger charge is 2.14. The molecule has 0 fully saturated rings. The molecule has 1 rings (SSSR count). The average Bonchev–Trinajstić information content (AvgIpc) is 2.29. The molecule has 6 heteroatoms. The normalized spacial score (nSPS) is 13.6. The first kappa shape index (κ1) is 14.8. The molecule has 0 spiro atoms. The molecular weight excluding hydrogens is 278 g/mol. The number of sulfone groups is 1. The molecule has 0 amide bonds. The number of hydrogen-bond donors (Lipinski definition) is 1. The summed E-state index contributed by atoms with van der Waals surface area (Å²) in [7, 11) is -3.20. The molecule has 17 heavy (non-hydrogen) atoms. The molecule has 2 N–H and O–H groups in total. The van der Waals surface area contributed by atoms with Crippen molar-refractivity contribution in [2.75, 3.05) is 18.1 Å². The van der Waals surface area contributed by atoms with E-state index in [0.717, 1.165) is 0 Å². The SMILES string of the molecule is CC(CN)SCCS(=O)(=O)c1ccc(Cl)cc1. The number of thioether (sulfide) groups is 1. The van der Waals surface area contributed by atoms with Crippen LogP contribution >= 0.6 is 23.4 Å². The average molecular weight is 294 g/mol. The fraction of sp³-hybridized carbons (Fsp3) is 0.455. The third-order valence-corrected chi connectivity index (χ3v) is 5.70. The van der Waals surface area contributed by atoms with Gasteiger partial charge in [-0.15, -0.1) is 0 Å². The lowest BCUT2D eigenvalue weighted by Gasteiger charge is -2.08. The van der Waals surface area contributed by atoms with Crippen molar-refractivity contribution in [3.05, 3.63) is 29.3 Å². The number of nitrogens with two attached hydrogens (primary N) is 1. The van der Waals surface area contributed by atoms with Gasteiger partial charge in [-0.25, -0.2) is 8.42 Å². The highest BCUT2D eigenvalue weighted by Crippen LogP contribution is 2.17. The lowest BCUT2D eigenvalue weighted by molar-refractivity contribution is 0.597. The van der Waals surface area contributed by atoms with Crippen LogP contribution in [0, 0.1) is 0 Å². The Hall–Kier alpha value is -0.230. The van der Waals surface area contributed by atoms with Crippen molar-refractivity contribution in [1.82, 2.24) is 0 Å². The zero-order valence-electron chi connectivity index (χ0n) is 9.60. The molecule has 3 nitrogen and oxygen atoms in total. The molecule has 96 valence electrons. The second-order valence-corrected chi connectivity index (χ2v) is 7.78. The van der Waals surface area contributed by atoms with Crippen LogP contribution < -0.4 is 5.73 Å². The molecule has 0 aliphatic heterocycles. The summed E-state index contributed by atoms with van der Waals surface area (Å²) in [5.41, 5.74) is 5.46. The molecule has 0 heterocycles. The molecule has 0 saturated carbocycles. The Morgan fingerprint density at radius 2 is 1.94 bits per heavy atom. The third kappa shape index (κ3) is 4.87. The summed E-state index contributed by atoms with van der Waals surface area (Å²) >= 11 is 7.28. The van der Waals surface area contributed by atoms with E-state index in [2.05, 4.69) is 0 Å². The summed E-state index contributed by atoms with van der Waals surface area (Å²) in [5.74, 6) is 0.687. The van der Waals surface area contributed by atoms with Gasteiger partial charge in [0.15, 0.2) is 9.84 Å². The van der Waals surface area contributed by atoms with Crippen LogP contribution in [-0.4, -0.2) is 31.7 Å². The van der Waals surface area contributed by atoms with Crippen molar-refractivity contribution in [2.24, 2.45) is 5.73 Å². The van der Waals surface area contributed by atoms with Crippen molar-refractivity contribution in [2.45, 2.75) is 17.1 Å². The van der Waals surface area contributed by atoms with Gasteiger partial charge in [0.25, 0.3) is 0 Å². The number of benzene rings is 1. The molecule has 0 bridgehead atoms. The van der Waals surface area contributed by atoms with Crippen LogP contribution in [0.15, 0.2) is 29.2 Å². The first-order valence-electron chi connectivity index (χ1n) is 5.25. The van der Waals surface area contributed by atoms with Crippen LogP contribution in [0.1, 0.15) is 6.92 Å². The van der Waals surface area contributed by atoms with E-state index in [1.54, 1.807) is 23.9 Å². The summed E-state index contributed by atoms with van der Waals surface area (Å²) in [4.78, 5) is 0.322. The smallest absolute Gasteiger partial charge is 0.179 e. The summed E-state index contributed by atoms with van der Waals surface area (Å²) in [6.45, 7) is 2.55. The van der Waals surface area contributed by atoms with Crippen LogP contribution in [0.5, 0.6) is 0 Å². The van der Waals surface area contributed by atoms with Gasteiger partial charge >= 0.3 is 0 Å². The molecule has 0 radical (unpaired) electrons. The zero-order chi connectivity index (χ0) is 12.9. The molecule has 0 aliphatic carbocycles. The van der Waals surface area contributed by atoms with E-state index in [1.807, 2.05) is 6.92 Å². The Labute approximate surface area is 112 Å². The van der Waals surface area contributed by atoms with E-state index in [0.29, 0.717) is 22.2 Å². The highest BCUT2D eigenvalue weighted by molar-refractivity contribution is 8.01. The monoisotopic (exact) mass is 293 g/mol. The Morgan fingerprint density at radius 3 is 2.47 bits per heavy atom. The van der Waals surface area contributed by atoms with E-state index < -0.39 is 9.84 Å². The Bertz CT molecular complexity index is 445. The molecule has 0 aromatic heterocycles. The van der Waals surface area contributed by atoms with Gasteiger partial charge in [-0.1, -0.05) is 18.5 Å². The first-order valence-corrected chi connectivity index (χ1v) is 8.33. The minimum Gasteiger partial charge on any atom is -0.329 e. The second kappa shape index (κ2) is 6.64. The van der Waals surface area contributed by atoms with E-state index in [4.69, 9.17) is 17.3 Å². The van der Waals surface area contributed by atoms with E-state index >= 15 is 0 Å². The largest absolute Gasteiger partial charge is 0.329 e. The molecule has 1 aromatic rings. The molecule has 0 aliphatic rings. The lowest BCUT2D eigenvalue weighted by Crippen LogP contribution is -2.16. The van der Waals surface area contributed by atoms with Gasteiger partial charge in [0, 0.05) is 22.6 Å². The Morgan fingerprint density at radius 1 is 1.35 bits per heavy atom. The summed E-state index contributed by atoms with van der Waals surface area (Å²) < 4.78 is 23.9. The van der Waals surface area contributed by atoms with E-state index in [9.17, 15) is 8.42 Å². The standard InChI is InChI=1S/C11H16ClNO2S2/c1-9(8-13)16-6-7-17(14,15)11-4-2-10(12)3-5-11/h2-5,9H,6-8,13H2,1H3. The predicted molar refractivity (Wildman–Crippen MR) is 74.5 cm³/mol. The van der Waals surface area contributed by atoms with Crippen LogP contribution in [-0.2, 0) is 9.84 Å². The van der Waals surface area contributed by atoms with Crippen LogP contribution in [0.2, 0.25) is 5.02 Å². The van der Waals surface area contributed by atoms with E-state index in [1.165, 1.54) is 12.1 Å². The maximum atomic E-state index is 11.9. The molecule has 1 aromatic carbocycles. The van der Waals surface area contributed by atoms with Crippen LogP contribution in [0.3, 0.4) is 0 Å². The third-order valence-electron chi connectivity index (χ3n) is 2.26. The minimum absolute atomic E-state index is 0.129. The van der Waals surface area contributed by atoms with Gasteiger partial charge in [-0.05, 0) is 24.3 Å². The zero-order valence-corrected chi connectivity index (χ0v) is 12.0. The molecule has 0 saturated heterocycles. The van der Waals surface area contributed by atoms with Gasteiger partial charge in [-0.3, -0.25) is 0 Å². The van der Waals surface area contributed by atoms with Gasteiger partial charge in [0.2, 0.25) is 0 Å². The molecular formula is C11H16ClNO2S2. The summed E-state index contributed by atoms with van der Waals surface area (Å²) in [6.07, 6.45) is 0. The van der Waals surface area contributed by atoms with Crippen molar-refractivity contribution >= 4 is 33.2 Å². The van der Waals surface area contributed by atoms with Crippen molar-refractivity contribution < 1.29 is 8.42 Å². The lowest BCUT2D eigenvalue weighted by atomic mass is 10.4. The van der Waals surface area contributed by atoms with Gasteiger partial charge in [0.05, 0.1) is 10.6 Å². The van der Waals surface area contributed by atoms with Crippen LogP contribution in [0.4, 0.5) is 0 Å². The maximum absolute atomic E-state index is 11.9. The number of halogens is 1. The quantitative estimate of drug-likeness (QED) is 0.873. The fourth-order valence-corrected chi connectivity index (χ4v) is 3.90. The topological polar surface area (TPSA) is 60.2 Å². The maximum Gasteiger partial charge on any atom is 0.179 e. The van der Waals surface area contributed by atoms with Crippen molar-refractivity contribution in [3.63, 3.8) is 0 Å². The van der Waals surface area contributed by atoms with Crippen LogP contribution in [0.25, 0.3) is 0 Å². The van der Waals surface area contributed by atoms with Gasteiger partial charge in [-0.2, -0.15) is 11.8 Å². The highest BCUT2D eigenvalue weighted by atomic mass is 35.5. The van der Waals surface area contributed by atoms with E-state index in [-0.39, 0.29) is 11.0 Å².